The summed E-state index contributed by atoms with van der Waals surface area (Å²) in [4.78, 5) is 27.2. The number of hydrogen-bond acceptors (Lipinski definition) is 4. The first-order valence-corrected chi connectivity index (χ1v) is 8.05. The molecular weight excluding hydrogens is 270 g/mol. The molecule has 0 aromatic rings. The summed E-state index contributed by atoms with van der Waals surface area (Å²) in [6.07, 6.45) is 4.86. The Morgan fingerprint density at radius 1 is 1.19 bits per heavy atom. The zero-order valence-corrected chi connectivity index (χ0v) is 12.9. The maximum absolute atomic E-state index is 12.3. The molecule has 1 aliphatic carbocycles. The first-order valence-electron chi connectivity index (χ1n) is 8.05. The molecule has 1 atom stereocenters. The van der Waals surface area contributed by atoms with Crippen molar-refractivity contribution in [1.29, 1.82) is 0 Å². The van der Waals surface area contributed by atoms with Gasteiger partial charge in [0.25, 0.3) is 0 Å². The van der Waals surface area contributed by atoms with Gasteiger partial charge in [-0.2, -0.15) is 0 Å². The van der Waals surface area contributed by atoms with Gasteiger partial charge in [0.05, 0.1) is 12.5 Å². The van der Waals surface area contributed by atoms with Gasteiger partial charge < -0.3 is 15.3 Å². The molecule has 0 aromatic carbocycles. The Labute approximate surface area is 126 Å². The van der Waals surface area contributed by atoms with Gasteiger partial charge in [0.15, 0.2) is 0 Å². The molecule has 2 N–H and O–H groups in total. The van der Waals surface area contributed by atoms with Gasteiger partial charge in [-0.05, 0) is 19.8 Å². The minimum Gasteiger partial charge on any atom is -0.481 e. The third-order valence-corrected chi connectivity index (χ3v) is 4.68. The Balaban J connectivity index is 1.70. The third kappa shape index (κ3) is 4.97. The molecular formula is C15H27N3O3. The van der Waals surface area contributed by atoms with Crippen LogP contribution in [0, 0.1) is 0 Å². The normalized spacial score (nSPS) is 23.1. The topological polar surface area (TPSA) is 72.9 Å². The molecule has 2 fully saturated rings. The standard InChI is InChI=1S/C15H27N3O3/c1-12(15(21)16-13-4-2-3-5-13)18-10-8-17(9-11-18)7-6-14(19)20/h12-13H,2-11H2,1H3,(H,16,21)(H,19,20)/t12-/m1/s1. The molecule has 0 bridgehead atoms. The van der Waals surface area contributed by atoms with Crippen LogP contribution in [-0.2, 0) is 9.59 Å². The second-order valence-electron chi connectivity index (χ2n) is 6.19. The molecule has 0 radical (unpaired) electrons. The molecule has 1 saturated heterocycles. The predicted molar refractivity (Wildman–Crippen MR) is 80.1 cm³/mol. The second-order valence-corrected chi connectivity index (χ2v) is 6.19. The number of aliphatic carboxylic acids is 1. The van der Waals surface area contributed by atoms with Gasteiger partial charge in [-0.3, -0.25) is 14.5 Å². The highest BCUT2D eigenvalue weighted by Crippen LogP contribution is 2.18. The molecule has 6 heteroatoms. The Morgan fingerprint density at radius 2 is 1.81 bits per heavy atom. The SMILES string of the molecule is C[C@H](C(=O)NC1CCCC1)N1CCN(CCC(=O)O)CC1. The van der Waals surface area contributed by atoms with Gasteiger partial charge in [0, 0.05) is 38.8 Å². The number of carboxylic acid groups (broad SMARTS) is 1. The van der Waals surface area contributed by atoms with Crippen molar-refractivity contribution in [3.8, 4) is 0 Å². The van der Waals surface area contributed by atoms with Crippen molar-refractivity contribution in [1.82, 2.24) is 15.1 Å². The highest BCUT2D eigenvalue weighted by Gasteiger charge is 2.27. The smallest absolute Gasteiger partial charge is 0.304 e. The molecule has 1 saturated carbocycles. The van der Waals surface area contributed by atoms with Crippen molar-refractivity contribution in [3.63, 3.8) is 0 Å². The molecule has 2 rings (SSSR count). The third-order valence-electron chi connectivity index (χ3n) is 4.68. The second kappa shape index (κ2) is 7.75. The van der Waals surface area contributed by atoms with E-state index >= 15 is 0 Å². The highest BCUT2D eigenvalue weighted by atomic mass is 16.4. The Hall–Kier alpha value is -1.14. The fourth-order valence-electron chi connectivity index (χ4n) is 3.19. The van der Waals surface area contributed by atoms with E-state index in [9.17, 15) is 9.59 Å². The molecule has 0 unspecified atom stereocenters. The largest absolute Gasteiger partial charge is 0.481 e. The van der Waals surface area contributed by atoms with E-state index in [0.717, 1.165) is 39.0 Å². The number of nitrogens with one attached hydrogen (secondary N) is 1. The quantitative estimate of drug-likeness (QED) is 0.748. The van der Waals surface area contributed by atoms with E-state index in [-0.39, 0.29) is 18.4 Å². The Morgan fingerprint density at radius 3 is 2.38 bits per heavy atom. The predicted octanol–water partition coefficient (Wildman–Crippen LogP) is 0.526. The zero-order chi connectivity index (χ0) is 15.2. The number of carbonyl (C=O) groups excluding carboxylic acids is 1. The van der Waals surface area contributed by atoms with Gasteiger partial charge in [-0.1, -0.05) is 12.8 Å². The van der Waals surface area contributed by atoms with Crippen molar-refractivity contribution in [2.24, 2.45) is 0 Å². The van der Waals surface area contributed by atoms with Gasteiger partial charge in [0.1, 0.15) is 0 Å². The number of carboxylic acids is 1. The van der Waals surface area contributed by atoms with E-state index in [1.807, 2.05) is 6.92 Å². The molecule has 0 aromatic heterocycles. The van der Waals surface area contributed by atoms with E-state index in [2.05, 4.69) is 15.1 Å². The van der Waals surface area contributed by atoms with Crippen LogP contribution in [0.25, 0.3) is 0 Å². The summed E-state index contributed by atoms with van der Waals surface area (Å²) < 4.78 is 0. The van der Waals surface area contributed by atoms with Gasteiger partial charge in [-0.15, -0.1) is 0 Å². The molecule has 6 nitrogen and oxygen atoms in total. The van der Waals surface area contributed by atoms with Crippen molar-refractivity contribution >= 4 is 11.9 Å². The first kappa shape index (κ1) is 16.2. The van der Waals surface area contributed by atoms with Crippen LogP contribution in [0.3, 0.4) is 0 Å². The molecule has 21 heavy (non-hydrogen) atoms. The molecule has 1 amide bonds. The van der Waals surface area contributed by atoms with Crippen LogP contribution >= 0.6 is 0 Å². The van der Waals surface area contributed by atoms with Crippen LogP contribution in [0.1, 0.15) is 39.0 Å². The average molecular weight is 297 g/mol. The number of amides is 1. The van der Waals surface area contributed by atoms with Crippen molar-refractivity contribution in [2.75, 3.05) is 32.7 Å². The monoisotopic (exact) mass is 297 g/mol. The van der Waals surface area contributed by atoms with Crippen molar-refractivity contribution in [3.05, 3.63) is 0 Å². The lowest BCUT2D eigenvalue weighted by Crippen LogP contribution is -2.54. The Bertz CT molecular complexity index is 361. The summed E-state index contributed by atoms with van der Waals surface area (Å²) in [6, 6.07) is 0.282. The van der Waals surface area contributed by atoms with E-state index in [1.54, 1.807) is 0 Å². The van der Waals surface area contributed by atoms with Crippen molar-refractivity contribution < 1.29 is 14.7 Å². The first-order chi connectivity index (χ1) is 10.1. The lowest BCUT2D eigenvalue weighted by Gasteiger charge is -2.37. The lowest BCUT2D eigenvalue weighted by atomic mass is 10.2. The Kier molecular flexibility index (Phi) is 5.99. The van der Waals surface area contributed by atoms with Crippen LogP contribution in [0.15, 0.2) is 0 Å². The van der Waals surface area contributed by atoms with Crippen LogP contribution in [-0.4, -0.2) is 71.6 Å². The summed E-state index contributed by atoms with van der Waals surface area (Å²) in [6.45, 7) is 5.92. The van der Waals surface area contributed by atoms with Crippen LogP contribution in [0.4, 0.5) is 0 Å². The molecule has 1 heterocycles. The number of nitrogens with zero attached hydrogens (tertiary/aromatic N) is 2. The summed E-state index contributed by atoms with van der Waals surface area (Å²) in [7, 11) is 0. The van der Waals surface area contributed by atoms with E-state index < -0.39 is 5.97 Å². The van der Waals surface area contributed by atoms with E-state index in [4.69, 9.17) is 5.11 Å². The number of piperazine rings is 1. The average Bonchev–Trinajstić information content (AvgIpc) is 2.97. The summed E-state index contributed by atoms with van der Waals surface area (Å²) >= 11 is 0. The summed E-state index contributed by atoms with van der Waals surface area (Å²) in [5, 5.41) is 11.9. The van der Waals surface area contributed by atoms with Gasteiger partial charge in [0.2, 0.25) is 5.91 Å². The van der Waals surface area contributed by atoms with Crippen molar-refractivity contribution in [2.45, 2.75) is 51.1 Å². The maximum Gasteiger partial charge on any atom is 0.304 e. The fraction of sp³-hybridized carbons (Fsp3) is 0.867. The minimum absolute atomic E-state index is 0.0905. The molecule has 1 aliphatic heterocycles. The number of carbonyl (C=O) groups is 2. The summed E-state index contributed by atoms with van der Waals surface area (Å²) in [5.74, 6) is -0.609. The van der Waals surface area contributed by atoms with Gasteiger partial charge >= 0.3 is 5.97 Å². The van der Waals surface area contributed by atoms with E-state index in [0.29, 0.717) is 12.6 Å². The zero-order valence-electron chi connectivity index (χ0n) is 12.9. The highest BCUT2D eigenvalue weighted by molar-refractivity contribution is 5.81. The molecule has 0 spiro atoms. The number of rotatable bonds is 6. The molecule has 120 valence electrons. The minimum atomic E-state index is -0.748. The van der Waals surface area contributed by atoms with Gasteiger partial charge in [-0.25, -0.2) is 0 Å². The van der Waals surface area contributed by atoms with E-state index in [1.165, 1.54) is 12.8 Å². The summed E-state index contributed by atoms with van der Waals surface area (Å²) in [5.41, 5.74) is 0. The fourth-order valence-corrected chi connectivity index (χ4v) is 3.19. The van der Waals surface area contributed by atoms with Crippen LogP contribution < -0.4 is 5.32 Å². The molecule has 2 aliphatic rings. The van der Waals surface area contributed by atoms with Crippen LogP contribution in [0.5, 0.6) is 0 Å². The maximum atomic E-state index is 12.3. The lowest BCUT2D eigenvalue weighted by molar-refractivity contribution is -0.137. The number of hydrogen-bond donors (Lipinski definition) is 2. The van der Waals surface area contributed by atoms with Crippen LogP contribution in [0.2, 0.25) is 0 Å².